The minimum absolute atomic E-state index is 0.0717. The topological polar surface area (TPSA) is 74.8 Å². The van der Waals surface area contributed by atoms with E-state index < -0.39 is 17.5 Å². The molecule has 1 heterocycles. The second kappa shape index (κ2) is 7.12. The first-order valence-corrected chi connectivity index (χ1v) is 8.51. The summed E-state index contributed by atoms with van der Waals surface area (Å²) in [4.78, 5) is 30.9. The van der Waals surface area contributed by atoms with Crippen molar-refractivity contribution >= 4 is 23.4 Å². The first-order valence-electron chi connectivity index (χ1n) is 7.52. The van der Waals surface area contributed by atoms with Crippen LogP contribution in [-0.2, 0) is 17.6 Å². The van der Waals surface area contributed by atoms with Crippen molar-refractivity contribution in [2.45, 2.75) is 30.8 Å². The Bertz CT molecular complexity index is 839. The molecule has 2 aromatic rings. The molecule has 1 aromatic carbocycles. The fraction of sp³-hybridized carbons (Fsp3) is 0.312. The Labute approximate surface area is 140 Å². The molecule has 3 rings (SSSR count). The number of hydrogen-bond acceptors (Lipinski definition) is 4. The quantitative estimate of drug-likeness (QED) is 0.656. The predicted octanol–water partition coefficient (Wildman–Crippen LogP) is 2.66. The van der Waals surface area contributed by atoms with Crippen LogP contribution in [0.3, 0.4) is 0 Å². The van der Waals surface area contributed by atoms with E-state index in [1.807, 2.05) is 0 Å². The van der Waals surface area contributed by atoms with E-state index in [0.717, 1.165) is 66.9 Å². The minimum Gasteiger partial charge on any atom is -0.323 e. The SMILES string of the molecule is O=C(CSc1nc2c(c(=O)[nH]1)CCCC2)Nc1cc(F)ccc1F. The van der Waals surface area contributed by atoms with Crippen LogP contribution in [0.4, 0.5) is 14.5 Å². The van der Waals surface area contributed by atoms with E-state index in [-0.39, 0.29) is 17.0 Å². The number of rotatable bonds is 4. The summed E-state index contributed by atoms with van der Waals surface area (Å²) in [5.74, 6) is -1.93. The average Bonchev–Trinajstić information content (AvgIpc) is 2.56. The van der Waals surface area contributed by atoms with Crippen molar-refractivity contribution < 1.29 is 13.6 Å². The van der Waals surface area contributed by atoms with Crippen LogP contribution in [0.25, 0.3) is 0 Å². The summed E-state index contributed by atoms with van der Waals surface area (Å²) in [6.45, 7) is 0. The van der Waals surface area contributed by atoms with E-state index in [4.69, 9.17) is 0 Å². The Balaban J connectivity index is 1.65. The van der Waals surface area contributed by atoms with Gasteiger partial charge in [0.05, 0.1) is 17.1 Å². The van der Waals surface area contributed by atoms with Crippen molar-refractivity contribution in [2.75, 3.05) is 11.1 Å². The second-order valence-electron chi connectivity index (χ2n) is 5.46. The third kappa shape index (κ3) is 3.81. The third-order valence-electron chi connectivity index (χ3n) is 3.71. The molecule has 24 heavy (non-hydrogen) atoms. The Morgan fingerprint density at radius 1 is 1.29 bits per heavy atom. The van der Waals surface area contributed by atoms with E-state index in [1.165, 1.54) is 0 Å². The number of carbonyl (C=O) groups is 1. The van der Waals surface area contributed by atoms with Gasteiger partial charge >= 0.3 is 0 Å². The van der Waals surface area contributed by atoms with Crippen molar-refractivity contribution in [2.24, 2.45) is 0 Å². The average molecular weight is 351 g/mol. The lowest BCUT2D eigenvalue weighted by molar-refractivity contribution is -0.113. The van der Waals surface area contributed by atoms with E-state index in [1.54, 1.807) is 0 Å². The highest BCUT2D eigenvalue weighted by Gasteiger charge is 2.16. The largest absolute Gasteiger partial charge is 0.323 e. The molecule has 0 aliphatic heterocycles. The summed E-state index contributed by atoms with van der Waals surface area (Å²) in [7, 11) is 0. The second-order valence-corrected chi connectivity index (χ2v) is 6.43. The van der Waals surface area contributed by atoms with E-state index in [9.17, 15) is 18.4 Å². The number of nitrogens with zero attached hydrogens (tertiary/aromatic N) is 1. The number of nitrogens with one attached hydrogen (secondary N) is 2. The predicted molar refractivity (Wildman–Crippen MR) is 87.2 cm³/mol. The van der Waals surface area contributed by atoms with Crippen LogP contribution in [0.5, 0.6) is 0 Å². The molecule has 0 saturated heterocycles. The van der Waals surface area contributed by atoms with Gasteiger partial charge in [0.2, 0.25) is 5.91 Å². The van der Waals surface area contributed by atoms with Gasteiger partial charge in [-0.25, -0.2) is 13.8 Å². The Hall–Kier alpha value is -2.22. The Morgan fingerprint density at radius 3 is 2.92 bits per heavy atom. The van der Waals surface area contributed by atoms with Gasteiger partial charge < -0.3 is 10.3 Å². The first-order chi connectivity index (χ1) is 11.5. The summed E-state index contributed by atoms with van der Waals surface area (Å²) in [5.41, 5.74) is 1.12. The molecule has 1 amide bonds. The van der Waals surface area contributed by atoms with Crippen LogP contribution < -0.4 is 10.9 Å². The normalized spacial score (nSPS) is 13.4. The zero-order valence-electron chi connectivity index (χ0n) is 12.7. The number of hydrogen-bond donors (Lipinski definition) is 2. The van der Waals surface area contributed by atoms with Gasteiger partial charge in [0.1, 0.15) is 11.6 Å². The minimum atomic E-state index is -0.713. The molecule has 1 aliphatic rings. The first kappa shape index (κ1) is 16.6. The highest BCUT2D eigenvalue weighted by Crippen LogP contribution is 2.20. The van der Waals surface area contributed by atoms with Crippen molar-refractivity contribution in [1.82, 2.24) is 9.97 Å². The number of benzene rings is 1. The molecule has 0 atom stereocenters. The lowest BCUT2D eigenvalue weighted by atomic mass is 9.97. The van der Waals surface area contributed by atoms with E-state index >= 15 is 0 Å². The maximum atomic E-state index is 13.5. The van der Waals surface area contributed by atoms with Crippen LogP contribution in [0.2, 0.25) is 0 Å². The van der Waals surface area contributed by atoms with Gasteiger partial charge in [0.25, 0.3) is 5.56 Å². The zero-order chi connectivity index (χ0) is 17.1. The van der Waals surface area contributed by atoms with Crippen molar-refractivity contribution in [3.8, 4) is 0 Å². The highest BCUT2D eigenvalue weighted by molar-refractivity contribution is 7.99. The fourth-order valence-electron chi connectivity index (χ4n) is 2.56. The zero-order valence-corrected chi connectivity index (χ0v) is 13.5. The smallest absolute Gasteiger partial charge is 0.254 e. The number of aryl methyl sites for hydroxylation is 1. The number of H-pyrrole nitrogens is 1. The molecule has 0 radical (unpaired) electrons. The molecular weight excluding hydrogens is 336 g/mol. The Kier molecular flexibility index (Phi) is 4.94. The molecule has 2 N–H and O–H groups in total. The number of carbonyl (C=O) groups excluding carboxylic acids is 1. The number of aromatic nitrogens is 2. The molecule has 1 aliphatic carbocycles. The van der Waals surface area contributed by atoms with Gasteiger partial charge in [-0.05, 0) is 37.8 Å². The Morgan fingerprint density at radius 2 is 2.08 bits per heavy atom. The molecule has 1 aromatic heterocycles. The third-order valence-corrected chi connectivity index (χ3v) is 4.59. The van der Waals surface area contributed by atoms with Crippen LogP contribution in [0.15, 0.2) is 28.2 Å². The van der Waals surface area contributed by atoms with Crippen molar-refractivity contribution in [1.29, 1.82) is 0 Å². The summed E-state index contributed by atoms with van der Waals surface area (Å²) < 4.78 is 26.6. The summed E-state index contributed by atoms with van der Waals surface area (Å²) in [6, 6.07) is 2.83. The molecule has 8 heteroatoms. The highest BCUT2D eigenvalue weighted by atomic mass is 32.2. The number of thioether (sulfide) groups is 1. The molecule has 0 fully saturated rings. The van der Waals surface area contributed by atoms with Gasteiger partial charge in [-0.2, -0.15) is 0 Å². The number of anilines is 1. The lowest BCUT2D eigenvalue weighted by Crippen LogP contribution is -2.22. The maximum absolute atomic E-state index is 13.5. The summed E-state index contributed by atoms with van der Waals surface area (Å²) >= 11 is 1.05. The van der Waals surface area contributed by atoms with Gasteiger partial charge in [-0.15, -0.1) is 0 Å². The van der Waals surface area contributed by atoms with E-state index in [0.29, 0.717) is 5.16 Å². The van der Waals surface area contributed by atoms with Crippen LogP contribution in [-0.4, -0.2) is 21.6 Å². The number of fused-ring (bicyclic) bond motifs is 1. The number of aromatic amines is 1. The van der Waals surface area contributed by atoms with Crippen LogP contribution >= 0.6 is 11.8 Å². The maximum Gasteiger partial charge on any atom is 0.254 e. The molecule has 5 nitrogen and oxygen atoms in total. The summed E-state index contributed by atoms with van der Waals surface area (Å²) in [5, 5.41) is 2.66. The standard InChI is InChI=1S/C16H15F2N3O2S/c17-9-5-6-11(18)13(7-9)19-14(22)8-24-16-20-12-4-2-1-3-10(12)15(23)21-16/h5-7H,1-4,8H2,(H,19,22)(H,20,21,23). The molecule has 126 valence electrons. The van der Waals surface area contributed by atoms with Crippen LogP contribution in [0.1, 0.15) is 24.1 Å². The van der Waals surface area contributed by atoms with Crippen molar-refractivity contribution in [3.05, 3.63) is 51.4 Å². The fourth-order valence-corrected chi connectivity index (χ4v) is 3.24. The summed E-state index contributed by atoms with van der Waals surface area (Å²) in [6.07, 6.45) is 3.45. The van der Waals surface area contributed by atoms with Crippen LogP contribution in [0, 0.1) is 11.6 Å². The van der Waals surface area contributed by atoms with Gasteiger partial charge in [0.15, 0.2) is 5.16 Å². The van der Waals surface area contributed by atoms with Crippen molar-refractivity contribution in [3.63, 3.8) is 0 Å². The van der Waals surface area contributed by atoms with Gasteiger partial charge in [-0.3, -0.25) is 9.59 Å². The number of halogens is 2. The van der Waals surface area contributed by atoms with Gasteiger partial charge in [-0.1, -0.05) is 11.8 Å². The lowest BCUT2D eigenvalue weighted by Gasteiger charge is -2.14. The van der Waals surface area contributed by atoms with Gasteiger partial charge in [0, 0.05) is 11.6 Å². The monoisotopic (exact) mass is 351 g/mol. The number of amides is 1. The molecule has 0 unspecified atom stereocenters. The molecule has 0 spiro atoms. The molecular formula is C16H15F2N3O2S. The van der Waals surface area contributed by atoms with E-state index in [2.05, 4.69) is 15.3 Å². The molecule has 0 saturated carbocycles. The molecule has 0 bridgehead atoms.